The average Bonchev–Trinajstić information content (AvgIpc) is 3.54. The van der Waals surface area contributed by atoms with Gasteiger partial charge in [-0.05, 0) is 72.2 Å². The van der Waals surface area contributed by atoms with Crippen LogP contribution in [0.25, 0.3) is 0 Å². The van der Waals surface area contributed by atoms with Gasteiger partial charge in [0, 0.05) is 47.5 Å². The lowest BCUT2D eigenvalue weighted by molar-refractivity contribution is 0.0698. The fraction of sp³-hybridized carbons (Fsp3) is 0.435. The lowest BCUT2D eigenvalue weighted by Gasteiger charge is -2.36. The summed E-state index contributed by atoms with van der Waals surface area (Å²) in [5.41, 5.74) is 3.94. The third-order valence-corrected chi connectivity index (χ3v) is 8.83. The lowest BCUT2D eigenvalue weighted by atomic mass is 9.81. The van der Waals surface area contributed by atoms with Gasteiger partial charge in [-0.15, -0.1) is 0 Å². The van der Waals surface area contributed by atoms with E-state index in [9.17, 15) is 13.2 Å². The fourth-order valence-electron chi connectivity index (χ4n) is 4.98. The number of hydrogen-bond acceptors (Lipinski definition) is 4. The highest BCUT2D eigenvalue weighted by atomic mass is 35.5. The number of anilines is 1. The zero-order valence-electron chi connectivity index (χ0n) is 17.8. The van der Waals surface area contributed by atoms with Crippen LogP contribution >= 0.6 is 23.2 Å². The first kappa shape index (κ1) is 22.0. The molecule has 1 unspecified atom stereocenters. The third-order valence-electron chi connectivity index (χ3n) is 6.94. The van der Waals surface area contributed by atoms with Gasteiger partial charge in [0.15, 0.2) is 0 Å². The number of nitrogens with zero attached hydrogens (tertiary/aromatic N) is 2. The number of rotatable bonds is 3. The maximum absolute atomic E-state index is 13.1. The highest BCUT2D eigenvalue weighted by Gasteiger charge is 2.50. The summed E-state index contributed by atoms with van der Waals surface area (Å²) in [6.07, 6.45) is 4.28. The van der Waals surface area contributed by atoms with Gasteiger partial charge in [-0.25, -0.2) is 8.42 Å². The number of halogens is 2. The first-order chi connectivity index (χ1) is 15.2. The Balaban J connectivity index is 1.38. The van der Waals surface area contributed by atoms with Crippen molar-refractivity contribution in [3.63, 3.8) is 0 Å². The standard InChI is InChI=1S/C23H25Cl2N3O3S/c1-32(30,31)28-10-8-27(9-11-28)22(29)15-2-5-20-18(12-15)23(6-7-23)14-21(26-20)17-13-16(24)3-4-19(17)25/h2-5,12-13,21,26H,6-11,14H2,1H3. The highest BCUT2D eigenvalue weighted by molar-refractivity contribution is 7.88. The summed E-state index contributed by atoms with van der Waals surface area (Å²) in [6.45, 7) is 1.48. The molecule has 3 aliphatic rings. The van der Waals surface area contributed by atoms with Crippen LogP contribution in [0.4, 0.5) is 5.69 Å². The van der Waals surface area contributed by atoms with E-state index in [4.69, 9.17) is 23.2 Å². The SMILES string of the molecule is CS(=O)(=O)N1CCN(C(=O)c2ccc3c(c2)C2(CC2)CC(c2cc(Cl)ccc2Cl)N3)CC1. The Morgan fingerprint density at radius 3 is 2.44 bits per heavy atom. The minimum absolute atomic E-state index is 0.0447. The number of nitrogens with one attached hydrogen (secondary N) is 1. The molecule has 0 bridgehead atoms. The Hall–Kier alpha value is -1.80. The number of carbonyl (C=O) groups excluding carboxylic acids is 1. The molecule has 170 valence electrons. The molecule has 1 atom stereocenters. The van der Waals surface area contributed by atoms with Gasteiger partial charge in [-0.3, -0.25) is 4.79 Å². The molecule has 32 heavy (non-hydrogen) atoms. The molecule has 6 nitrogen and oxygen atoms in total. The highest BCUT2D eigenvalue weighted by Crippen LogP contribution is 2.59. The van der Waals surface area contributed by atoms with E-state index in [1.54, 1.807) is 11.0 Å². The number of amides is 1. The molecule has 9 heteroatoms. The average molecular weight is 494 g/mol. The van der Waals surface area contributed by atoms with Crippen LogP contribution in [-0.4, -0.2) is 56.0 Å². The van der Waals surface area contributed by atoms with Gasteiger partial charge in [-0.1, -0.05) is 23.2 Å². The Bertz CT molecular complexity index is 1190. The summed E-state index contributed by atoms with van der Waals surface area (Å²) >= 11 is 12.7. The molecule has 1 saturated heterocycles. The molecule has 2 aromatic carbocycles. The van der Waals surface area contributed by atoms with Crippen LogP contribution in [0, 0.1) is 0 Å². The number of benzene rings is 2. The number of piperazine rings is 1. The van der Waals surface area contributed by atoms with Crippen molar-refractivity contribution in [2.45, 2.75) is 30.7 Å². The van der Waals surface area contributed by atoms with Crippen LogP contribution < -0.4 is 5.32 Å². The maximum atomic E-state index is 13.1. The smallest absolute Gasteiger partial charge is 0.253 e. The molecule has 2 aliphatic heterocycles. The van der Waals surface area contributed by atoms with E-state index in [0.717, 1.165) is 30.5 Å². The second kappa shape index (κ2) is 7.90. The predicted molar refractivity (Wildman–Crippen MR) is 127 cm³/mol. The zero-order chi connectivity index (χ0) is 22.7. The van der Waals surface area contributed by atoms with E-state index in [2.05, 4.69) is 5.32 Å². The number of fused-ring (bicyclic) bond motifs is 2. The first-order valence-electron chi connectivity index (χ1n) is 10.8. The van der Waals surface area contributed by atoms with Crippen molar-refractivity contribution in [3.05, 3.63) is 63.1 Å². The van der Waals surface area contributed by atoms with E-state index in [1.807, 2.05) is 30.3 Å². The monoisotopic (exact) mass is 493 g/mol. The molecule has 0 radical (unpaired) electrons. The molecular formula is C23H25Cl2N3O3S. The van der Waals surface area contributed by atoms with Crippen molar-refractivity contribution in [2.75, 3.05) is 37.8 Å². The lowest BCUT2D eigenvalue weighted by Crippen LogP contribution is -2.50. The van der Waals surface area contributed by atoms with Gasteiger partial charge in [0.2, 0.25) is 10.0 Å². The number of carbonyl (C=O) groups is 1. The van der Waals surface area contributed by atoms with Crippen LogP contribution in [0.15, 0.2) is 36.4 Å². The summed E-state index contributed by atoms with van der Waals surface area (Å²) < 4.78 is 24.9. The normalized spacial score (nSPS) is 22.3. The molecule has 1 amide bonds. The topological polar surface area (TPSA) is 69.7 Å². The summed E-state index contributed by atoms with van der Waals surface area (Å²) in [7, 11) is -3.22. The maximum Gasteiger partial charge on any atom is 0.253 e. The molecule has 1 spiro atoms. The first-order valence-corrected chi connectivity index (χ1v) is 13.4. The molecule has 1 saturated carbocycles. The van der Waals surface area contributed by atoms with Gasteiger partial charge in [0.05, 0.1) is 12.3 Å². The summed E-state index contributed by atoms with van der Waals surface area (Å²) in [5.74, 6) is -0.0447. The quantitative estimate of drug-likeness (QED) is 0.691. The molecule has 2 heterocycles. The largest absolute Gasteiger partial charge is 0.378 e. The molecule has 1 aliphatic carbocycles. The van der Waals surface area contributed by atoms with Crippen LogP contribution in [0.1, 0.15) is 46.8 Å². The Kier molecular flexibility index (Phi) is 5.44. The molecule has 0 aromatic heterocycles. The minimum Gasteiger partial charge on any atom is -0.378 e. The van der Waals surface area contributed by atoms with Gasteiger partial charge in [0.1, 0.15) is 0 Å². The molecule has 2 aromatic rings. The summed E-state index contributed by atoms with van der Waals surface area (Å²) in [5, 5.41) is 4.97. The second-order valence-corrected chi connectivity index (χ2v) is 11.9. The van der Waals surface area contributed by atoms with Crippen molar-refractivity contribution in [3.8, 4) is 0 Å². The number of sulfonamides is 1. The Morgan fingerprint density at radius 1 is 1.06 bits per heavy atom. The van der Waals surface area contributed by atoms with Crippen LogP contribution in [0.5, 0.6) is 0 Å². The van der Waals surface area contributed by atoms with E-state index < -0.39 is 10.0 Å². The van der Waals surface area contributed by atoms with E-state index in [0.29, 0.717) is 41.8 Å². The second-order valence-electron chi connectivity index (χ2n) is 9.06. The van der Waals surface area contributed by atoms with E-state index in [-0.39, 0.29) is 17.4 Å². The van der Waals surface area contributed by atoms with Crippen molar-refractivity contribution in [1.82, 2.24) is 9.21 Å². The molecule has 2 fully saturated rings. The van der Waals surface area contributed by atoms with E-state index in [1.165, 1.54) is 16.1 Å². The van der Waals surface area contributed by atoms with Gasteiger partial charge >= 0.3 is 0 Å². The Labute approximate surface area is 198 Å². The van der Waals surface area contributed by atoms with Crippen molar-refractivity contribution < 1.29 is 13.2 Å². The van der Waals surface area contributed by atoms with E-state index >= 15 is 0 Å². The molecular weight excluding hydrogens is 469 g/mol. The summed E-state index contributed by atoms with van der Waals surface area (Å²) in [6, 6.07) is 11.5. The molecule has 5 rings (SSSR count). The van der Waals surface area contributed by atoms with Crippen LogP contribution in [-0.2, 0) is 15.4 Å². The van der Waals surface area contributed by atoms with Crippen LogP contribution in [0.2, 0.25) is 10.0 Å². The van der Waals surface area contributed by atoms with Crippen molar-refractivity contribution in [2.24, 2.45) is 0 Å². The van der Waals surface area contributed by atoms with Gasteiger partial charge in [0.25, 0.3) is 5.91 Å². The Morgan fingerprint density at radius 2 is 1.78 bits per heavy atom. The van der Waals surface area contributed by atoms with Crippen molar-refractivity contribution >= 4 is 44.8 Å². The van der Waals surface area contributed by atoms with Gasteiger partial charge in [-0.2, -0.15) is 4.31 Å². The fourth-order valence-corrected chi connectivity index (χ4v) is 6.24. The molecule has 1 N–H and O–H groups in total. The minimum atomic E-state index is -3.22. The third kappa shape index (κ3) is 4.00. The number of hydrogen-bond donors (Lipinski definition) is 1. The zero-order valence-corrected chi connectivity index (χ0v) is 20.1. The van der Waals surface area contributed by atoms with Crippen molar-refractivity contribution in [1.29, 1.82) is 0 Å². The summed E-state index contributed by atoms with van der Waals surface area (Å²) in [4.78, 5) is 14.9. The van der Waals surface area contributed by atoms with Crippen LogP contribution in [0.3, 0.4) is 0 Å². The predicted octanol–water partition coefficient (Wildman–Crippen LogP) is 4.30. The van der Waals surface area contributed by atoms with Gasteiger partial charge < -0.3 is 10.2 Å².